The first kappa shape index (κ1) is 11.1. The second-order valence-corrected chi connectivity index (χ2v) is 3.70. The highest BCUT2D eigenvalue weighted by Gasteiger charge is 2.14. The number of aromatic nitrogens is 1. The summed E-state index contributed by atoms with van der Waals surface area (Å²) in [5, 5.41) is 9.51. The highest BCUT2D eigenvalue weighted by molar-refractivity contribution is 6.05. The van der Waals surface area contributed by atoms with Gasteiger partial charge in [-0.05, 0) is 12.1 Å². The average Bonchev–Trinajstić information content (AvgIpc) is 2.37. The summed E-state index contributed by atoms with van der Waals surface area (Å²) < 4.78 is 0. The molecule has 0 bridgehead atoms. The predicted octanol–water partition coefficient (Wildman–Crippen LogP) is 1.83. The number of hydrogen-bond acceptors (Lipinski definition) is 3. The molecule has 4 nitrogen and oxygen atoms in total. The van der Waals surface area contributed by atoms with Gasteiger partial charge in [-0.15, -0.1) is 0 Å². The fourth-order valence-corrected chi connectivity index (χ4v) is 1.66. The van der Waals surface area contributed by atoms with Crippen molar-refractivity contribution in [3.05, 3.63) is 42.1 Å². The zero-order chi connectivity index (χ0) is 12.3. The molecule has 0 aliphatic heterocycles. The molecule has 0 unspecified atom stereocenters. The number of nitrogens with zero attached hydrogens (tertiary/aromatic N) is 3. The number of nitriles is 1. The molecule has 0 aliphatic carbocycles. The maximum absolute atomic E-state index is 12.1. The van der Waals surface area contributed by atoms with Gasteiger partial charge < -0.3 is 4.90 Å². The van der Waals surface area contributed by atoms with Crippen molar-refractivity contribution in [2.24, 2.45) is 0 Å². The van der Waals surface area contributed by atoms with E-state index in [1.165, 1.54) is 4.90 Å². The maximum Gasteiger partial charge on any atom is 0.256 e. The van der Waals surface area contributed by atoms with Gasteiger partial charge >= 0.3 is 0 Å². The number of hydrogen-bond donors (Lipinski definition) is 0. The van der Waals surface area contributed by atoms with E-state index in [-0.39, 0.29) is 12.5 Å². The minimum Gasteiger partial charge on any atom is -0.328 e. The van der Waals surface area contributed by atoms with Gasteiger partial charge in [-0.2, -0.15) is 5.26 Å². The molecule has 0 spiro atoms. The van der Waals surface area contributed by atoms with E-state index in [2.05, 4.69) is 4.98 Å². The molecule has 84 valence electrons. The molecule has 0 saturated carbocycles. The summed E-state index contributed by atoms with van der Waals surface area (Å²) in [5.74, 6) is -0.184. The number of benzene rings is 1. The molecular weight excluding hydrogens is 214 g/mol. The van der Waals surface area contributed by atoms with Crippen molar-refractivity contribution in [2.45, 2.75) is 0 Å². The van der Waals surface area contributed by atoms with Gasteiger partial charge in [-0.1, -0.05) is 18.2 Å². The fourth-order valence-electron chi connectivity index (χ4n) is 1.66. The van der Waals surface area contributed by atoms with Gasteiger partial charge in [-0.3, -0.25) is 9.78 Å². The summed E-state index contributed by atoms with van der Waals surface area (Å²) in [6, 6.07) is 11.1. The van der Waals surface area contributed by atoms with Crippen LogP contribution in [0, 0.1) is 11.3 Å². The minimum atomic E-state index is -0.184. The second-order valence-electron chi connectivity index (χ2n) is 3.70. The quantitative estimate of drug-likeness (QED) is 0.732. The van der Waals surface area contributed by atoms with Crippen LogP contribution in [0.2, 0.25) is 0 Å². The Bertz CT molecular complexity index is 596. The van der Waals surface area contributed by atoms with Crippen LogP contribution < -0.4 is 0 Å². The molecule has 0 fully saturated rings. The number of para-hydroxylation sites is 1. The van der Waals surface area contributed by atoms with Crippen molar-refractivity contribution < 1.29 is 4.79 Å². The van der Waals surface area contributed by atoms with Crippen LogP contribution in [-0.2, 0) is 0 Å². The molecule has 17 heavy (non-hydrogen) atoms. The zero-order valence-electron chi connectivity index (χ0n) is 9.42. The fraction of sp³-hybridized carbons (Fsp3) is 0.154. The lowest BCUT2D eigenvalue weighted by molar-refractivity contribution is 0.0813. The Morgan fingerprint density at radius 1 is 1.41 bits per heavy atom. The van der Waals surface area contributed by atoms with E-state index in [4.69, 9.17) is 5.26 Å². The molecule has 1 heterocycles. The third kappa shape index (κ3) is 2.08. The second kappa shape index (κ2) is 4.62. The van der Waals surface area contributed by atoms with Crippen LogP contribution in [0.15, 0.2) is 36.5 Å². The van der Waals surface area contributed by atoms with E-state index in [1.54, 1.807) is 19.3 Å². The van der Waals surface area contributed by atoms with Crippen molar-refractivity contribution in [1.29, 1.82) is 5.26 Å². The van der Waals surface area contributed by atoms with E-state index < -0.39 is 0 Å². The van der Waals surface area contributed by atoms with Gasteiger partial charge in [0.05, 0.1) is 17.1 Å². The monoisotopic (exact) mass is 225 g/mol. The van der Waals surface area contributed by atoms with Crippen molar-refractivity contribution in [3.8, 4) is 6.07 Å². The molecule has 0 aliphatic rings. The molecule has 1 aromatic heterocycles. The van der Waals surface area contributed by atoms with Gasteiger partial charge in [0.2, 0.25) is 0 Å². The van der Waals surface area contributed by atoms with E-state index >= 15 is 0 Å². The minimum absolute atomic E-state index is 0.0715. The van der Waals surface area contributed by atoms with Crippen LogP contribution in [-0.4, -0.2) is 29.4 Å². The number of fused-ring (bicyclic) bond motifs is 1. The molecule has 4 heteroatoms. The number of pyridine rings is 1. The summed E-state index contributed by atoms with van der Waals surface area (Å²) in [7, 11) is 1.60. The summed E-state index contributed by atoms with van der Waals surface area (Å²) in [6.45, 7) is 0.0715. The Labute approximate surface area is 99.1 Å². The average molecular weight is 225 g/mol. The van der Waals surface area contributed by atoms with Crippen LogP contribution in [0.5, 0.6) is 0 Å². The topological polar surface area (TPSA) is 57.0 Å². The lowest BCUT2D eigenvalue weighted by Gasteiger charge is -2.13. The lowest BCUT2D eigenvalue weighted by Crippen LogP contribution is -2.27. The summed E-state index contributed by atoms with van der Waals surface area (Å²) >= 11 is 0. The standard InChI is InChI=1S/C13H11N3O/c1-16(9-7-14)13(17)11-6-2-4-10-5-3-8-15-12(10)11/h2-6,8H,9H2,1H3. The zero-order valence-corrected chi connectivity index (χ0v) is 9.42. The summed E-state index contributed by atoms with van der Waals surface area (Å²) in [4.78, 5) is 17.7. The van der Waals surface area contributed by atoms with Crippen molar-refractivity contribution in [1.82, 2.24) is 9.88 Å². The molecule has 1 amide bonds. The van der Waals surface area contributed by atoms with Gasteiger partial charge in [-0.25, -0.2) is 0 Å². The van der Waals surface area contributed by atoms with Gasteiger partial charge in [0, 0.05) is 18.6 Å². The first-order valence-corrected chi connectivity index (χ1v) is 5.20. The Balaban J connectivity index is 2.49. The molecule has 0 atom stereocenters. The van der Waals surface area contributed by atoms with Crippen LogP contribution in [0.25, 0.3) is 10.9 Å². The third-order valence-electron chi connectivity index (χ3n) is 2.52. The third-order valence-corrected chi connectivity index (χ3v) is 2.52. The summed E-state index contributed by atoms with van der Waals surface area (Å²) in [6.07, 6.45) is 1.66. The Morgan fingerprint density at radius 3 is 2.94 bits per heavy atom. The largest absolute Gasteiger partial charge is 0.328 e. The van der Waals surface area contributed by atoms with Gasteiger partial charge in [0.1, 0.15) is 6.54 Å². The van der Waals surface area contributed by atoms with Gasteiger partial charge in [0.25, 0.3) is 5.91 Å². The van der Waals surface area contributed by atoms with Crippen LogP contribution in [0.4, 0.5) is 0 Å². The van der Waals surface area contributed by atoms with E-state index in [1.807, 2.05) is 30.3 Å². The first-order chi connectivity index (χ1) is 8.24. The first-order valence-electron chi connectivity index (χ1n) is 5.20. The number of carbonyl (C=O) groups is 1. The molecule has 2 rings (SSSR count). The summed E-state index contributed by atoms with van der Waals surface area (Å²) in [5.41, 5.74) is 1.20. The maximum atomic E-state index is 12.1. The van der Waals surface area contributed by atoms with Crippen molar-refractivity contribution >= 4 is 16.8 Å². The van der Waals surface area contributed by atoms with E-state index in [0.29, 0.717) is 11.1 Å². The Kier molecular flexibility index (Phi) is 3.01. The number of rotatable bonds is 2. The molecule has 0 radical (unpaired) electrons. The highest BCUT2D eigenvalue weighted by Crippen LogP contribution is 2.17. The number of carbonyl (C=O) groups excluding carboxylic acids is 1. The van der Waals surface area contributed by atoms with Crippen LogP contribution >= 0.6 is 0 Å². The lowest BCUT2D eigenvalue weighted by atomic mass is 10.1. The SMILES string of the molecule is CN(CC#N)C(=O)c1cccc2cccnc12. The predicted molar refractivity (Wildman–Crippen MR) is 64.3 cm³/mol. The molecule has 1 aromatic carbocycles. The Morgan fingerprint density at radius 2 is 2.18 bits per heavy atom. The Hall–Kier alpha value is -2.41. The van der Waals surface area contributed by atoms with Gasteiger partial charge in [0.15, 0.2) is 0 Å². The smallest absolute Gasteiger partial charge is 0.256 e. The normalized spacial score (nSPS) is 9.88. The molecule has 2 aromatic rings. The van der Waals surface area contributed by atoms with Crippen LogP contribution in [0.1, 0.15) is 10.4 Å². The molecule has 0 N–H and O–H groups in total. The molecule has 0 saturated heterocycles. The van der Waals surface area contributed by atoms with E-state index in [0.717, 1.165) is 5.39 Å². The van der Waals surface area contributed by atoms with Crippen LogP contribution in [0.3, 0.4) is 0 Å². The molecular formula is C13H11N3O. The number of amides is 1. The highest BCUT2D eigenvalue weighted by atomic mass is 16.2. The van der Waals surface area contributed by atoms with Crippen molar-refractivity contribution in [2.75, 3.05) is 13.6 Å². The van der Waals surface area contributed by atoms with E-state index in [9.17, 15) is 4.79 Å². The van der Waals surface area contributed by atoms with Crippen molar-refractivity contribution in [3.63, 3.8) is 0 Å².